The Bertz CT molecular complexity index is 1000. The Morgan fingerprint density at radius 2 is 1.84 bits per heavy atom. The predicted octanol–water partition coefficient (Wildman–Crippen LogP) is 5.62. The Kier molecular flexibility index (Phi) is 7.75. The van der Waals surface area contributed by atoms with Crippen molar-refractivity contribution in [2.45, 2.75) is 32.9 Å². The molecule has 8 heteroatoms. The van der Waals surface area contributed by atoms with E-state index in [2.05, 4.69) is 0 Å². The van der Waals surface area contributed by atoms with Crippen molar-refractivity contribution >= 4 is 57.9 Å². The Labute approximate surface area is 196 Å². The molecule has 0 aliphatic carbocycles. The summed E-state index contributed by atoms with van der Waals surface area (Å²) in [5, 5.41) is 10.2. The maximum atomic E-state index is 12.8. The monoisotopic (exact) mass is 475 g/mol. The molecular formula is C23H22ClNO4S2. The van der Waals surface area contributed by atoms with Gasteiger partial charge in [-0.25, -0.2) is 4.79 Å². The van der Waals surface area contributed by atoms with Gasteiger partial charge in [-0.2, -0.15) is 0 Å². The third kappa shape index (κ3) is 6.09. The molecule has 1 heterocycles. The second-order valence-electron chi connectivity index (χ2n) is 7.52. The van der Waals surface area contributed by atoms with Crippen molar-refractivity contribution in [3.63, 3.8) is 0 Å². The second-order valence-corrected chi connectivity index (χ2v) is 9.63. The summed E-state index contributed by atoms with van der Waals surface area (Å²) < 4.78 is 6.05. The highest BCUT2D eigenvalue weighted by Crippen LogP contribution is 2.35. The maximum Gasteiger partial charge on any atom is 0.326 e. The molecule has 1 fully saturated rings. The Morgan fingerprint density at radius 3 is 2.42 bits per heavy atom. The smallest absolute Gasteiger partial charge is 0.326 e. The molecule has 0 aromatic heterocycles. The van der Waals surface area contributed by atoms with Gasteiger partial charge in [-0.05, 0) is 53.8 Å². The van der Waals surface area contributed by atoms with Crippen LogP contribution >= 0.6 is 35.6 Å². The summed E-state index contributed by atoms with van der Waals surface area (Å²) in [6.45, 7) is 4.25. The molecule has 1 aliphatic rings. The van der Waals surface area contributed by atoms with Gasteiger partial charge in [0.2, 0.25) is 0 Å². The summed E-state index contributed by atoms with van der Waals surface area (Å²) in [4.78, 5) is 26.2. The number of carboxylic acid groups (broad SMARTS) is 1. The molecule has 162 valence electrons. The third-order valence-corrected chi connectivity index (χ3v) is 6.19. The van der Waals surface area contributed by atoms with Crippen LogP contribution in [-0.2, 0) is 16.2 Å². The number of benzene rings is 2. The number of hydrogen-bond acceptors (Lipinski definition) is 5. The SMILES string of the molecule is CC(C)C[C@@H](C(=O)O)N1C(=O)/C(=C/c2ccc(OCc3ccc(Cl)cc3)cc2)SC1=S. The highest BCUT2D eigenvalue weighted by Gasteiger charge is 2.40. The van der Waals surface area contributed by atoms with Crippen LogP contribution in [0.3, 0.4) is 0 Å². The van der Waals surface area contributed by atoms with E-state index >= 15 is 0 Å². The van der Waals surface area contributed by atoms with Gasteiger partial charge in [0, 0.05) is 5.02 Å². The van der Waals surface area contributed by atoms with Crippen LogP contribution in [0.4, 0.5) is 0 Å². The molecule has 1 aliphatic heterocycles. The van der Waals surface area contributed by atoms with Crippen LogP contribution in [-0.4, -0.2) is 32.2 Å². The number of halogens is 1. The Morgan fingerprint density at radius 1 is 1.19 bits per heavy atom. The highest BCUT2D eigenvalue weighted by atomic mass is 35.5. The largest absolute Gasteiger partial charge is 0.489 e. The lowest BCUT2D eigenvalue weighted by Gasteiger charge is -2.24. The van der Waals surface area contributed by atoms with E-state index in [1.54, 1.807) is 6.08 Å². The Balaban J connectivity index is 1.68. The topological polar surface area (TPSA) is 66.8 Å². The van der Waals surface area contributed by atoms with Crippen LogP contribution in [0, 0.1) is 5.92 Å². The first-order valence-electron chi connectivity index (χ1n) is 9.71. The van der Waals surface area contributed by atoms with Gasteiger partial charge >= 0.3 is 5.97 Å². The molecule has 0 spiro atoms. The molecular weight excluding hydrogens is 454 g/mol. The minimum absolute atomic E-state index is 0.121. The van der Waals surface area contributed by atoms with Crippen LogP contribution in [0.5, 0.6) is 5.75 Å². The lowest BCUT2D eigenvalue weighted by molar-refractivity contribution is -0.145. The molecule has 1 amide bonds. The van der Waals surface area contributed by atoms with Crippen LogP contribution in [0.25, 0.3) is 6.08 Å². The molecule has 2 aromatic rings. The first kappa shape index (κ1) is 23.3. The van der Waals surface area contributed by atoms with Gasteiger partial charge in [0.05, 0.1) is 4.91 Å². The van der Waals surface area contributed by atoms with Crippen molar-refractivity contribution in [3.8, 4) is 5.75 Å². The summed E-state index contributed by atoms with van der Waals surface area (Å²) in [6, 6.07) is 13.8. The number of nitrogens with zero attached hydrogens (tertiary/aromatic N) is 1. The summed E-state index contributed by atoms with van der Waals surface area (Å²) in [5.41, 5.74) is 1.81. The van der Waals surface area contributed by atoms with Crippen molar-refractivity contribution in [2.24, 2.45) is 5.92 Å². The average molecular weight is 476 g/mol. The first-order valence-corrected chi connectivity index (χ1v) is 11.3. The Hall–Kier alpha value is -2.35. The molecule has 1 saturated heterocycles. The summed E-state index contributed by atoms with van der Waals surface area (Å²) in [6.07, 6.45) is 2.06. The van der Waals surface area contributed by atoms with Crippen LogP contribution < -0.4 is 4.74 Å². The van der Waals surface area contributed by atoms with Crippen molar-refractivity contribution in [1.29, 1.82) is 0 Å². The second kappa shape index (κ2) is 10.3. The van der Waals surface area contributed by atoms with E-state index in [0.717, 1.165) is 22.9 Å². The van der Waals surface area contributed by atoms with Crippen LogP contribution in [0.2, 0.25) is 5.02 Å². The number of carboxylic acids is 1. The average Bonchev–Trinajstić information content (AvgIpc) is 2.99. The standard InChI is InChI=1S/C23H22ClNO4S2/c1-14(2)11-19(22(27)28)25-21(26)20(31-23(25)30)12-15-5-9-18(10-6-15)29-13-16-3-7-17(24)8-4-16/h3-10,12,14,19H,11,13H2,1-2H3,(H,27,28)/b20-12-/t19-/m0/s1. The van der Waals surface area contributed by atoms with E-state index in [1.807, 2.05) is 62.4 Å². The minimum Gasteiger partial charge on any atom is -0.489 e. The zero-order valence-corrected chi connectivity index (χ0v) is 19.5. The number of rotatable bonds is 8. The highest BCUT2D eigenvalue weighted by molar-refractivity contribution is 8.26. The van der Waals surface area contributed by atoms with Crippen molar-refractivity contribution in [3.05, 3.63) is 69.6 Å². The van der Waals surface area contributed by atoms with Crippen LogP contribution in [0.15, 0.2) is 53.4 Å². The van der Waals surface area contributed by atoms with Gasteiger partial charge in [0.25, 0.3) is 5.91 Å². The van der Waals surface area contributed by atoms with E-state index in [1.165, 1.54) is 4.90 Å². The number of thioether (sulfide) groups is 1. The van der Waals surface area contributed by atoms with E-state index < -0.39 is 12.0 Å². The zero-order chi connectivity index (χ0) is 22.5. The van der Waals surface area contributed by atoms with Gasteiger partial charge < -0.3 is 9.84 Å². The molecule has 0 saturated carbocycles. The summed E-state index contributed by atoms with van der Waals surface area (Å²) in [7, 11) is 0. The lowest BCUT2D eigenvalue weighted by Crippen LogP contribution is -2.44. The summed E-state index contributed by atoms with van der Waals surface area (Å²) >= 11 is 12.3. The van der Waals surface area contributed by atoms with E-state index in [0.29, 0.717) is 28.7 Å². The van der Waals surface area contributed by atoms with Crippen molar-refractivity contribution < 1.29 is 19.4 Å². The number of carbonyl (C=O) groups excluding carboxylic acids is 1. The minimum atomic E-state index is -1.05. The van der Waals surface area contributed by atoms with E-state index in [4.69, 9.17) is 28.6 Å². The van der Waals surface area contributed by atoms with E-state index in [-0.39, 0.29) is 16.1 Å². The fourth-order valence-corrected chi connectivity index (χ4v) is 4.55. The molecule has 3 rings (SSSR count). The number of ether oxygens (including phenoxy) is 1. The van der Waals surface area contributed by atoms with Crippen LogP contribution in [0.1, 0.15) is 31.4 Å². The first-order chi connectivity index (χ1) is 14.7. The van der Waals surface area contributed by atoms with Gasteiger partial charge in [0.15, 0.2) is 0 Å². The normalized spacial score (nSPS) is 16.3. The lowest BCUT2D eigenvalue weighted by atomic mass is 10.0. The predicted molar refractivity (Wildman–Crippen MR) is 128 cm³/mol. The van der Waals surface area contributed by atoms with Gasteiger partial charge in [0.1, 0.15) is 22.7 Å². The third-order valence-electron chi connectivity index (χ3n) is 4.61. The number of carbonyl (C=O) groups is 2. The molecule has 0 radical (unpaired) electrons. The van der Waals surface area contributed by atoms with Crippen molar-refractivity contribution in [1.82, 2.24) is 4.90 Å². The number of hydrogen-bond donors (Lipinski definition) is 1. The number of aliphatic carboxylic acids is 1. The van der Waals surface area contributed by atoms with E-state index in [9.17, 15) is 14.7 Å². The molecule has 0 unspecified atom stereocenters. The zero-order valence-electron chi connectivity index (χ0n) is 17.1. The summed E-state index contributed by atoms with van der Waals surface area (Å²) in [5.74, 6) is -0.600. The molecule has 31 heavy (non-hydrogen) atoms. The fraction of sp³-hybridized carbons (Fsp3) is 0.261. The fourth-order valence-electron chi connectivity index (χ4n) is 3.07. The molecule has 5 nitrogen and oxygen atoms in total. The number of thiocarbonyl (C=S) groups is 1. The van der Waals surface area contributed by atoms with Gasteiger partial charge in [-0.1, -0.05) is 73.7 Å². The molecule has 1 atom stereocenters. The van der Waals surface area contributed by atoms with Crippen molar-refractivity contribution in [2.75, 3.05) is 0 Å². The van der Waals surface area contributed by atoms with Gasteiger partial charge in [-0.15, -0.1) is 0 Å². The number of amides is 1. The van der Waals surface area contributed by atoms with Gasteiger partial charge in [-0.3, -0.25) is 9.69 Å². The molecule has 0 bridgehead atoms. The quantitative estimate of drug-likeness (QED) is 0.395. The maximum absolute atomic E-state index is 12.8. The molecule has 1 N–H and O–H groups in total. The molecule has 2 aromatic carbocycles.